The van der Waals surface area contributed by atoms with Crippen molar-refractivity contribution >= 4 is 21.8 Å². The molecule has 0 saturated heterocycles. The molecule has 0 atom stereocenters. The Labute approximate surface area is 114 Å². The van der Waals surface area contributed by atoms with E-state index in [9.17, 15) is 13.6 Å². The number of amides is 1. The van der Waals surface area contributed by atoms with Gasteiger partial charge in [0.25, 0.3) is 5.91 Å². The number of hydrogen-bond donors (Lipinski definition) is 1. The van der Waals surface area contributed by atoms with Crippen molar-refractivity contribution in [3.8, 4) is 0 Å². The van der Waals surface area contributed by atoms with Gasteiger partial charge in [0.1, 0.15) is 17.2 Å². The van der Waals surface area contributed by atoms with Gasteiger partial charge < -0.3 is 5.32 Å². The molecular weight excluding hydrogens is 304 g/mol. The second-order valence-electron chi connectivity index (χ2n) is 5.31. The zero-order valence-corrected chi connectivity index (χ0v) is 12.2. The van der Waals surface area contributed by atoms with Gasteiger partial charge >= 0.3 is 0 Å². The summed E-state index contributed by atoms with van der Waals surface area (Å²) >= 11 is 2.96. The van der Waals surface area contributed by atoms with Crippen LogP contribution >= 0.6 is 15.9 Å². The number of carbonyl (C=O) groups excluding carboxylic acids is 1. The minimum Gasteiger partial charge on any atom is -0.352 e. The summed E-state index contributed by atoms with van der Waals surface area (Å²) in [6.07, 6.45) is 0.735. The monoisotopic (exact) mass is 319 g/mol. The lowest BCUT2D eigenvalue weighted by atomic mass is 9.92. The van der Waals surface area contributed by atoms with E-state index in [-0.39, 0.29) is 9.89 Å². The smallest absolute Gasteiger partial charge is 0.257 e. The quantitative estimate of drug-likeness (QED) is 0.899. The number of halogens is 3. The molecule has 100 valence electrons. The van der Waals surface area contributed by atoms with Crippen LogP contribution in [0.5, 0.6) is 0 Å². The number of nitrogens with one attached hydrogen (secondary N) is 1. The van der Waals surface area contributed by atoms with Gasteiger partial charge in [0.15, 0.2) is 0 Å². The summed E-state index contributed by atoms with van der Waals surface area (Å²) in [5, 5.41) is 2.52. The van der Waals surface area contributed by atoms with Crippen LogP contribution in [0.3, 0.4) is 0 Å². The molecule has 2 nitrogen and oxygen atoms in total. The van der Waals surface area contributed by atoms with Crippen LogP contribution in [0.2, 0.25) is 0 Å². The summed E-state index contributed by atoms with van der Waals surface area (Å²) in [7, 11) is 0. The summed E-state index contributed by atoms with van der Waals surface area (Å²) in [6.45, 7) is 6.47. The van der Waals surface area contributed by atoms with Crippen LogP contribution < -0.4 is 5.32 Å². The van der Waals surface area contributed by atoms with Crippen LogP contribution in [-0.2, 0) is 0 Å². The Bertz CT molecular complexity index is 432. The van der Waals surface area contributed by atoms with Crippen molar-refractivity contribution in [2.45, 2.75) is 27.2 Å². The van der Waals surface area contributed by atoms with Crippen LogP contribution in [0, 0.1) is 17.0 Å². The average molecular weight is 320 g/mol. The third-order valence-corrected chi connectivity index (χ3v) is 2.85. The van der Waals surface area contributed by atoms with Gasteiger partial charge in [-0.3, -0.25) is 4.79 Å². The van der Waals surface area contributed by atoms with Gasteiger partial charge in [0, 0.05) is 11.0 Å². The molecule has 0 bridgehead atoms. The fraction of sp³-hybridized carbons (Fsp3) is 0.462. The van der Waals surface area contributed by atoms with E-state index in [2.05, 4.69) is 21.2 Å². The van der Waals surface area contributed by atoms with Gasteiger partial charge in [-0.15, -0.1) is 0 Å². The maximum absolute atomic E-state index is 13.5. The van der Waals surface area contributed by atoms with Crippen molar-refractivity contribution in [2.75, 3.05) is 6.54 Å². The van der Waals surface area contributed by atoms with E-state index in [4.69, 9.17) is 0 Å². The highest BCUT2D eigenvalue weighted by atomic mass is 79.9. The van der Waals surface area contributed by atoms with Crippen molar-refractivity contribution in [3.05, 3.63) is 33.8 Å². The standard InChI is InChI=1S/C13H16BrF2NO/c1-13(2,3)4-5-17-12(18)11-9(15)6-8(14)7-10(11)16/h6-7H,4-5H2,1-3H3,(H,17,18). The predicted molar refractivity (Wildman–Crippen MR) is 70.5 cm³/mol. The molecular formula is C13H16BrF2NO. The van der Waals surface area contributed by atoms with Gasteiger partial charge in [-0.05, 0) is 24.0 Å². The van der Waals surface area contributed by atoms with Crippen molar-refractivity contribution in [3.63, 3.8) is 0 Å². The van der Waals surface area contributed by atoms with Crippen molar-refractivity contribution in [1.29, 1.82) is 0 Å². The highest BCUT2D eigenvalue weighted by molar-refractivity contribution is 9.10. The Balaban J connectivity index is 2.74. The Morgan fingerprint density at radius 2 is 1.78 bits per heavy atom. The Morgan fingerprint density at radius 3 is 2.22 bits per heavy atom. The van der Waals surface area contributed by atoms with Crippen LogP contribution in [-0.4, -0.2) is 12.5 Å². The molecule has 0 spiro atoms. The summed E-state index contributed by atoms with van der Waals surface area (Å²) in [5.41, 5.74) is -0.475. The summed E-state index contributed by atoms with van der Waals surface area (Å²) < 4.78 is 27.3. The van der Waals surface area contributed by atoms with Gasteiger partial charge in [0.2, 0.25) is 0 Å². The minimum absolute atomic E-state index is 0.0596. The molecule has 0 aliphatic rings. The molecule has 18 heavy (non-hydrogen) atoms. The summed E-state index contributed by atoms with van der Waals surface area (Å²) in [6, 6.07) is 2.14. The molecule has 0 aliphatic heterocycles. The maximum atomic E-state index is 13.5. The Kier molecular flexibility index (Phi) is 4.85. The second-order valence-corrected chi connectivity index (χ2v) is 6.23. The van der Waals surface area contributed by atoms with Crippen LogP contribution in [0.1, 0.15) is 37.6 Å². The highest BCUT2D eigenvalue weighted by Gasteiger charge is 2.18. The van der Waals surface area contributed by atoms with Crippen LogP contribution in [0.25, 0.3) is 0 Å². The molecule has 1 rings (SSSR count). The third kappa shape index (κ3) is 4.37. The summed E-state index contributed by atoms with van der Waals surface area (Å²) in [5.74, 6) is -2.45. The lowest BCUT2D eigenvalue weighted by Gasteiger charge is -2.18. The van der Waals surface area contributed by atoms with Crippen molar-refractivity contribution in [2.24, 2.45) is 5.41 Å². The van der Waals surface area contributed by atoms with Gasteiger partial charge in [-0.25, -0.2) is 8.78 Å². The molecule has 5 heteroatoms. The van der Waals surface area contributed by atoms with E-state index in [0.29, 0.717) is 6.54 Å². The fourth-order valence-electron chi connectivity index (χ4n) is 1.40. The lowest BCUT2D eigenvalue weighted by molar-refractivity contribution is 0.0941. The van der Waals surface area contributed by atoms with E-state index >= 15 is 0 Å². The first-order valence-electron chi connectivity index (χ1n) is 5.63. The van der Waals surface area contributed by atoms with E-state index < -0.39 is 23.1 Å². The second kappa shape index (κ2) is 5.78. The predicted octanol–water partition coefficient (Wildman–Crippen LogP) is 3.89. The SMILES string of the molecule is CC(C)(C)CCNC(=O)c1c(F)cc(Br)cc1F. The van der Waals surface area contributed by atoms with Gasteiger partial charge in [-0.2, -0.15) is 0 Å². The van der Waals surface area contributed by atoms with Crippen molar-refractivity contribution < 1.29 is 13.6 Å². The molecule has 1 aromatic carbocycles. The minimum atomic E-state index is -0.866. The zero-order valence-electron chi connectivity index (χ0n) is 10.6. The van der Waals surface area contributed by atoms with E-state index in [1.807, 2.05) is 20.8 Å². The molecule has 1 N–H and O–H groups in total. The normalized spacial score (nSPS) is 11.4. The van der Waals surface area contributed by atoms with Crippen molar-refractivity contribution in [1.82, 2.24) is 5.32 Å². The third-order valence-electron chi connectivity index (χ3n) is 2.39. The topological polar surface area (TPSA) is 29.1 Å². The van der Waals surface area contributed by atoms with Crippen LogP contribution in [0.4, 0.5) is 8.78 Å². The number of benzene rings is 1. The zero-order chi connectivity index (χ0) is 13.9. The number of hydrogen-bond acceptors (Lipinski definition) is 1. The first kappa shape index (κ1) is 15.1. The van der Waals surface area contributed by atoms with Gasteiger partial charge in [0.05, 0.1) is 0 Å². The van der Waals surface area contributed by atoms with E-state index in [0.717, 1.165) is 18.6 Å². The maximum Gasteiger partial charge on any atom is 0.257 e. The summed E-state index contributed by atoms with van der Waals surface area (Å²) in [4.78, 5) is 11.7. The Hall–Kier alpha value is -0.970. The molecule has 0 aliphatic carbocycles. The largest absolute Gasteiger partial charge is 0.352 e. The first-order chi connectivity index (χ1) is 8.20. The number of carbonyl (C=O) groups is 1. The first-order valence-corrected chi connectivity index (χ1v) is 6.43. The Morgan fingerprint density at radius 1 is 1.28 bits per heavy atom. The fourth-order valence-corrected chi connectivity index (χ4v) is 1.80. The molecule has 1 aromatic rings. The highest BCUT2D eigenvalue weighted by Crippen LogP contribution is 2.20. The molecule has 1 amide bonds. The average Bonchev–Trinajstić information content (AvgIpc) is 2.13. The lowest BCUT2D eigenvalue weighted by Crippen LogP contribution is -2.28. The van der Waals surface area contributed by atoms with Crippen LogP contribution in [0.15, 0.2) is 16.6 Å². The molecule has 0 heterocycles. The number of rotatable bonds is 3. The molecule has 0 radical (unpaired) electrons. The molecule has 0 aromatic heterocycles. The molecule has 0 fully saturated rings. The van der Waals surface area contributed by atoms with Gasteiger partial charge in [-0.1, -0.05) is 36.7 Å². The molecule has 0 saturated carbocycles. The van der Waals surface area contributed by atoms with E-state index in [1.165, 1.54) is 0 Å². The molecule has 0 unspecified atom stereocenters. The van der Waals surface area contributed by atoms with E-state index in [1.54, 1.807) is 0 Å².